The van der Waals surface area contributed by atoms with Crippen LogP contribution in [0.3, 0.4) is 0 Å². The van der Waals surface area contributed by atoms with Crippen molar-refractivity contribution in [2.75, 3.05) is 0 Å². The van der Waals surface area contributed by atoms with Crippen LogP contribution in [0.15, 0.2) is 35.5 Å². The lowest BCUT2D eigenvalue weighted by Gasteiger charge is -2.21. The second-order valence-corrected chi connectivity index (χ2v) is 7.17. The van der Waals surface area contributed by atoms with Crippen molar-refractivity contribution in [2.24, 2.45) is 11.1 Å². The van der Waals surface area contributed by atoms with Gasteiger partial charge in [0.2, 0.25) is 0 Å². The van der Waals surface area contributed by atoms with Crippen LogP contribution in [0.5, 0.6) is 0 Å². The zero-order valence-electron chi connectivity index (χ0n) is 15.1. The summed E-state index contributed by atoms with van der Waals surface area (Å²) in [5.41, 5.74) is 1.44. The second kappa shape index (κ2) is 6.90. The van der Waals surface area contributed by atoms with Gasteiger partial charge in [0.15, 0.2) is 11.9 Å². The summed E-state index contributed by atoms with van der Waals surface area (Å²) in [6.07, 6.45) is 2.30. The summed E-state index contributed by atoms with van der Waals surface area (Å²) in [4.78, 5) is 18.2. The van der Waals surface area contributed by atoms with Crippen LogP contribution in [0.2, 0.25) is 0 Å². The molecule has 0 fully saturated rings. The predicted molar refractivity (Wildman–Crippen MR) is 96.4 cm³/mol. The number of rotatable bonds is 5. The molecule has 7 nitrogen and oxygen atoms in total. The minimum atomic E-state index is -0.202. The standard InChI is InChI=1S/C19H23N5O2/c1-12(2)17(18-22-21-16-9-6-10-24(16)18)20-19(25)14-11-15(26-23-14)13-7-4-3-5-8-13/h3-5,7-8,12,15,17H,6,9-11H2,1-2H3,(H,20,25)/t15-,17-/m0/s1. The van der Waals surface area contributed by atoms with Crippen LogP contribution in [-0.4, -0.2) is 26.4 Å². The summed E-state index contributed by atoms with van der Waals surface area (Å²) in [7, 11) is 0. The Morgan fingerprint density at radius 1 is 1.27 bits per heavy atom. The smallest absolute Gasteiger partial charge is 0.269 e. The first kappa shape index (κ1) is 16.8. The van der Waals surface area contributed by atoms with Crippen LogP contribution in [0.1, 0.15) is 56.0 Å². The van der Waals surface area contributed by atoms with E-state index in [1.54, 1.807) is 0 Å². The summed E-state index contributed by atoms with van der Waals surface area (Å²) in [6.45, 7) is 5.05. The van der Waals surface area contributed by atoms with E-state index >= 15 is 0 Å². The molecule has 1 aromatic carbocycles. The number of hydrogen-bond donors (Lipinski definition) is 1. The summed E-state index contributed by atoms with van der Waals surface area (Å²) < 4.78 is 2.13. The van der Waals surface area contributed by atoms with Gasteiger partial charge in [0.1, 0.15) is 11.5 Å². The third-order valence-corrected chi connectivity index (χ3v) is 4.97. The van der Waals surface area contributed by atoms with E-state index in [0.29, 0.717) is 12.1 Å². The Labute approximate surface area is 152 Å². The van der Waals surface area contributed by atoms with Crippen LogP contribution < -0.4 is 5.32 Å². The molecule has 2 aromatic rings. The molecule has 0 radical (unpaired) electrons. The Hall–Kier alpha value is -2.70. The van der Waals surface area contributed by atoms with Crippen molar-refractivity contribution in [1.29, 1.82) is 0 Å². The molecule has 1 N–H and O–H groups in total. The van der Waals surface area contributed by atoms with Gasteiger partial charge in [0.25, 0.3) is 5.91 Å². The molecule has 26 heavy (non-hydrogen) atoms. The maximum Gasteiger partial charge on any atom is 0.269 e. The van der Waals surface area contributed by atoms with Crippen molar-refractivity contribution in [1.82, 2.24) is 20.1 Å². The van der Waals surface area contributed by atoms with E-state index in [0.717, 1.165) is 36.6 Å². The summed E-state index contributed by atoms with van der Waals surface area (Å²) in [5.74, 6) is 1.84. The summed E-state index contributed by atoms with van der Waals surface area (Å²) >= 11 is 0. The normalized spacial score (nSPS) is 19.8. The lowest BCUT2D eigenvalue weighted by molar-refractivity contribution is -0.116. The van der Waals surface area contributed by atoms with Gasteiger partial charge in [-0.3, -0.25) is 4.79 Å². The van der Waals surface area contributed by atoms with E-state index in [9.17, 15) is 4.79 Å². The van der Waals surface area contributed by atoms with Crippen LogP contribution in [-0.2, 0) is 22.6 Å². The first-order valence-electron chi connectivity index (χ1n) is 9.14. The molecule has 4 rings (SSSR count). The fourth-order valence-corrected chi connectivity index (χ4v) is 3.51. The van der Waals surface area contributed by atoms with Crippen molar-refractivity contribution in [3.8, 4) is 0 Å². The highest BCUT2D eigenvalue weighted by atomic mass is 16.6. The van der Waals surface area contributed by atoms with Crippen molar-refractivity contribution in [3.63, 3.8) is 0 Å². The molecule has 7 heteroatoms. The third-order valence-electron chi connectivity index (χ3n) is 4.97. The highest BCUT2D eigenvalue weighted by molar-refractivity contribution is 6.39. The van der Waals surface area contributed by atoms with Crippen molar-refractivity contribution in [3.05, 3.63) is 47.5 Å². The van der Waals surface area contributed by atoms with Gasteiger partial charge in [0, 0.05) is 19.4 Å². The summed E-state index contributed by atoms with van der Waals surface area (Å²) in [6, 6.07) is 9.64. The molecule has 0 saturated heterocycles. The number of carbonyl (C=O) groups excluding carboxylic acids is 1. The van der Waals surface area contributed by atoms with Crippen LogP contribution >= 0.6 is 0 Å². The van der Waals surface area contributed by atoms with Gasteiger partial charge in [-0.05, 0) is 17.9 Å². The number of nitrogens with zero attached hydrogens (tertiary/aromatic N) is 4. The van der Waals surface area contributed by atoms with E-state index < -0.39 is 0 Å². The molecular formula is C19H23N5O2. The van der Waals surface area contributed by atoms with E-state index in [1.165, 1.54) is 0 Å². The predicted octanol–water partition coefficient (Wildman–Crippen LogP) is 2.56. The maximum atomic E-state index is 12.8. The molecule has 1 amide bonds. The number of fused-ring (bicyclic) bond motifs is 1. The van der Waals surface area contributed by atoms with Gasteiger partial charge >= 0.3 is 0 Å². The average molecular weight is 353 g/mol. The molecule has 2 aliphatic heterocycles. The highest BCUT2D eigenvalue weighted by Crippen LogP contribution is 2.28. The van der Waals surface area contributed by atoms with E-state index in [2.05, 4.69) is 39.1 Å². The van der Waals surface area contributed by atoms with Gasteiger partial charge in [-0.2, -0.15) is 0 Å². The number of aromatic nitrogens is 3. The molecule has 3 heterocycles. The van der Waals surface area contributed by atoms with Gasteiger partial charge in [-0.1, -0.05) is 49.3 Å². The third kappa shape index (κ3) is 3.09. The Morgan fingerprint density at radius 2 is 2.08 bits per heavy atom. The zero-order valence-corrected chi connectivity index (χ0v) is 15.1. The molecule has 0 saturated carbocycles. The number of hydrogen-bond acceptors (Lipinski definition) is 5. The number of amides is 1. The number of benzene rings is 1. The molecule has 1 aromatic heterocycles. The largest absolute Gasteiger partial charge is 0.387 e. The van der Waals surface area contributed by atoms with Crippen LogP contribution in [0.4, 0.5) is 0 Å². The molecule has 0 bridgehead atoms. The van der Waals surface area contributed by atoms with E-state index in [1.807, 2.05) is 30.3 Å². The number of nitrogens with one attached hydrogen (secondary N) is 1. The lowest BCUT2D eigenvalue weighted by Crippen LogP contribution is -2.37. The number of carbonyl (C=O) groups is 1. The van der Waals surface area contributed by atoms with Gasteiger partial charge in [0.05, 0.1) is 6.04 Å². The van der Waals surface area contributed by atoms with Gasteiger partial charge in [-0.25, -0.2) is 0 Å². The number of oxime groups is 1. The fraction of sp³-hybridized carbons (Fsp3) is 0.474. The quantitative estimate of drug-likeness (QED) is 0.896. The molecule has 2 atom stereocenters. The van der Waals surface area contributed by atoms with Crippen molar-refractivity contribution in [2.45, 2.75) is 51.8 Å². The fourth-order valence-electron chi connectivity index (χ4n) is 3.51. The average Bonchev–Trinajstić information content (AvgIpc) is 3.37. The molecule has 0 spiro atoms. The summed E-state index contributed by atoms with van der Waals surface area (Å²) in [5, 5.41) is 15.7. The first-order valence-corrected chi connectivity index (χ1v) is 9.14. The molecule has 136 valence electrons. The first-order chi connectivity index (χ1) is 12.6. The molecule has 0 unspecified atom stereocenters. The molecular weight excluding hydrogens is 330 g/mol. The van der Waals surface area contributed by atoms with Crippen molar-refractivity contribution >= 4 is 11.6 Å². The zero-order chi connectivity index (χ0) is 18.1. The van der Waals surface area contributed by atoms with Gasteiger partial charge in [-0.15, -0.1) is 10.2 Å². The second-order valence-electron chi connectivity index (χ2n) is 7.17. The maximum absolute atomic E-state index is 12.8. The monoisotopic (exact) mass is 353 g/mol. The van der Waals surface area contributed by atoms with Crippen molar-refractivity contribution < 1.29 is 9.63 Å². The minimum absolute atomic E-state index is 0.194. The van der Waals surface area contributed by atoms with Crippen LogP contribution in [0.25, 0.3) is 0 Å². The Morgan fingerprint density at radius 3 is 2.85 bits per heavy atom. The van der Waals surface area contributed by atoms with E-state index in [4.69, 9.17) is 4.84 Å². The molecule has 0 aliphatic carbocycles. The Balaban J connectivity index is 1.46. The topological polar surface area (TPSA) is 81.4 Å². The minimum Gasteiger partial charge on any atom is -0.387 e. The Bertz CT molecular complexity index is 828. The number of aryl methyl sites for hydroxylation is 1. The van der Waals surface area contributed by atoms with Crippen LogP contribution in [0, 0.1) is 5.92 Å². The Kier molecular flexibility index (Phi) is 4.44. The SMILES string of the molecule is CC(C)[C@H](NC(=O)C1=NO[C@H](c2ccccc2)C1)c1nnc2n1CCC2. The molecule has 2 aliphatic rings. The van der Waals surface area contributed by atoms with E-state index in [-0.39, 0.29) is 24.0 Å². The van der Waals surface area contributed by atoms with Gasteiger partial charge < -0.3 is 14.7 Å². The lowest BCUT2D eigenvalue weighted by atomic mass is 10.0. The highest BCUT2D eigenvalue weighted by Gasteiger charge is 2.32.